The Morgan fingerprint density at radius 2 is 1.67 bits per heavy atom. The second-order valence-electron chi connectivity index (χ2n) is 4.77. The van der Waals surface area contributed by atoms with Crippen molar-refractivity contribution in [3.8, 4) is 5.75 Å². The van der Waals surface area contributed by atoms with E-state index in [0.717, 1.165) is 0 Å². The van der Waals surface area contributed by atoms with Gasteiger partial charge >= 0.3 is 7.52 Å². The van der Waals surface area contributed by atoms with E-state index < -0.39 is 7.52 Å². The van der Waals surface area contributed by atoms with Gasteiger partial charge in [0.2, 0.25) is 0 Å². The third-order valence-electron chi connectivity index (χ3n) is 2.01. The van der Waals surface area contributed by atoms with Crippen LogP contribution < -0.4 is 10.0 Å². The van der Waals surface area contributed by atoms with Gasteiger partial charge in [-0.1, -0.05) is 32.9 Å². The third-order valence-corrected chi connectivity index (χ3v) is 2.58. The second-order valence-corrected chi connectivity index (χ2v) is 6.77. The molecule has 0 amide bonds. The van der Waals surface area contributed by atoms with Crippen LogP contribution in [0.1, 0.15) is 26.3 Å². The fourth-order valence-electron chi connectivity index (χ4n) is 1.23. The maximum atomic E-state index is 11.2. The molecule has 0 aliphatic rings. The summed E-state index contributed by atoms with van der Waals surface area (Å²) in [6, 6.07) is 7.52. The molecular formula is C11H18NO2P. The highest BCUT2D eigenvalue weighted by molar-refractivity contribution is 7.56. The van der Waals surface area contributed by atoms with Crippen molar-refractivity contribution < 1.29 is 9.09 Å². The van der Waals surface area contributed by atoms with Crippen LogP contribution in [0, 0.1) is 0 Å². The lowest BCUT2D eigenvalue weighted by atomic mass is 9.87. The summed E-state index contributed by atoms with van der Waals surface area (Å²) in [7, 11) is -2.94. The highest BCUT2D eigenvalue weighted by atomic mass is 31.2. The first-order valence-electron chi connectivity index (χ1n) is 4.85. The van der Waals surface area contributed by atoms with E-state index in [9.17, 15) is 4.57 Å². The zero-order chi connectivity index (χ0) is 11.7. The van der Waals surface area contributed by atoms with Crippen LogP contribution in [0.3, 0.4) is 0 Å². The van der Waals surface area contributed by atoms with Crippen molar-refractivity contribution in [2.75, 3.05) is 6.66 Å². The largest absolute Gasteiger partial charge is 0.433 e. The van der Waals surface area contributed by atoms with Gasteiger partial charge in [-0.25, -0.2) is 5.50 Å². The maximum absolute atomic E-state index is 11.2. The van der Waals surface area contributed by atoms with Gasteiger partial charge < -0.3 is 4.52 Å². The van der Waals surface area contributed by atoms with Gasteiger partial charge in [0.05, 0.1) is 0 Å². The van der Waals surface area contributed by atoms with Crippen molar-refractivity contribution in [3.05, 3.63) is 29.8 Å². The lowest BCUT2D eigenvalue weighted by Gasteiger charge is -2.19. The van der Waals surface area contributed by atoms with Crippen LogP contribution in [-0.4, -0.2) is 6.66 Å². The third kappa shape index (κ3) is 4.06. The summed E-state index contributed by atoms with van der Waals surface area (Å²) in [4.78, 5) is 0. The molecule has 0 radical (unpaired) electrons. The fourth-order valence-corrected chi connectivity index (χ4v) is 1.77. The Hall–Kier alpha value is -0.790. The van der Waals surface area contributed by atoms with Gasteiger partial charge in [-0.3, -0.25) is 4.57 Å². The Morgan fingerprint density at radius 3 is 2.00 bits per heavy atom. The Bertz CT molecular complexity index is 373. The summed E-state index contributed by atoms with van der Waals surface area (Å²) >= 11 is 0. The summed E-state index contributed by atoms with van der Waals surface area (Å²) in [6.07, 6.45) is 0. The molecule has 1 aromatic rings. The average Bonchev–Trinajstić information content (AvgIpc) is 2.00. The molecule has 0 heterocycles. The van der Waals surface area contributed by atoms with Crippen molar-refractivity contribution in [3.63, 3.8) is 0 Å². The Morgan fingerprint density at radius 1 is 1.20 bits per heavy atom. The maximum Gasteiger partial charge on any atom is 0.310 e. The van der Waals surface area contributed by atoms with Crippen LogP contribution >= 0.6 is 7.52 Å². The summed E-state index contributed by atoms with van der Waals surface area (Å²) in [5.74, 6) is 0.552. The predicted molar refractivity (Wildman–Crippen MR) is 63.5 cm³/mol. The van der Waals surface area contributed by atoms with Gasteiger partial charge in [-0.15, -0.1) is 0 Å². The molecule has 2 N–H and O–H groups in total. The van der Waals surface area contributed by atoms with Gasteiger partial charge in [0, 0.05) is 6.66 Å². The standard InChI is InChI=1S/C11H18NO2P/c1-11(2,3)9-5-7-10(8-6-9)14-15(4,12)13/h5-8H,1-4H3,(H2,12,13)/t15-/m0/s1. The molecule has 0 aliphatic carbocycles. The molecule has 15 heavy (non-hydrogen) atoms. The lowest BCUT2D eigenvalue weighted by molar-refractivity contribution is 0.488. The normalized spacial score (nSPS) is 15.8. The zero-order valence-corrected chi connectivity index (χ0v) is 10.5. The first-order valence-corrected chi connectivity index (χ1v) is 6.99. The predicted octanol–water partition coefficient (Wildman–Crippen LogP) is 3.14. The highest BCUT2D eigenvalue weighted by Gasteiger charge is 2.14. The molecule has 0 unspecified atom stereocenters. The molecule has 0 saturated heterocycles. The summed E-state index contributed by atoms with van der Waals surface area (Å²) in [6.45, 7) is 7.80. The van der Waals surface area contributed by atoms with Crippen LogP contribution in [0.2, 0.25) is 0 Å². The second kappa shape index (κ2) is 3.99. The molecule has 3 nitrogen and oxygen atoms in total. The van der Waals surface area contributed by atoms with E-state index in [2.05, 4.69) is 20.8 Å². The number of nitrogens with two attached hydrogens (primary N) is 1. The topological polar surface area (TPSA) is 52.3 Å². The number of benzene rings is 1. The van der Waals surface area contributed by atoms with E-state index in [0.29, 0.717) is 5.75 Å². The van der Waals surface area contributed by atoms with E-state index >= 15 is 0 Å². The molecular weight excluding hydrogens is 209 g/mol. The molecule has 0 fully saturated rings. The van der Waals surface area contributed by atoms with Crippen LogP contribution in [0.15, 0.2) is 24.3 Å². The number of hydrogen-bond donors (Lipinski definition) is 1. The van der Waals surface area contributed by atoms with E-state index in [-0.39, 0.29) is 5.41 Å². The van der Waals surface area contributed by atoms with Crippen molar-refractivity contribution in [2.45, 2.75) is 26.2 Å². The van der Waals surface area contributed by atoms with Crippen molar-refractivity contribution in [2.24, 2.45) is 5.50 Å². The van der Waals surface area contributed by atoms with Gasteiger partial charge in [0.1, 0.15) is 5.75 Å². The molecule has 1 atom stereocenters. The Kier molecular flexibility index (Phi) is 3.27. The molecule has 0 aliphatic heterocycles. The van der Waals surface area contributed by atoms with Gasteiger partial charge in [0.15, 0.2) is 0 Å². The molecule has 1 rings (SSSR count). The lowest BCUT2D eigenvalue weighted by Crippen LogP contribution is -2.10. The Balaban J connectivity index is 2.87. The van der Waals surface area contributed by atoms with Crippen molar-refractivity contribution >= 4 is 7.52 Å². The van der Waals surface area contributed by atoms with E-state index in [1.807, 2.05) is 12.1 Å². The molecule has 0 saturated carbocycles. The average molecular weight is 227 g/mol. The Labute approximate surface area is 91.1 Å². The van der Waals surface area contributed by atoms with Crippen LogP contribution in [0.25, 0.3) is 0 Å². The van der Waals surface area contributed by atoms with Crippen molar-refractivity contribution in [1.82, 2.24) is 0 Å². The van der Waals surface area contributed by atoms with E-state index in [1.54, 1.807) is 12.1 Å². The number of hydrogen-bond acceptors (Lipinski definition) is 2. The highest BCUT2D eigenvalue weighted by Crippen LogP contribution is 2.35. The summed E-state index contributed by atoms with van der Waals surface area (Å²) in [5, 5.41) is 0. The molecule has 0 aromatic heterocycles. The number of rotatable bonds is 2. The molecule has 84 valence electrons. The van der Waals surface area contributed by atoms with Crippen LogP contribution in [0.4, 0.5) is 0 Å². The summed E-state index contributed by atoms with van der Waals surface area (Å²) < 4.78 is 16.3. The minimum absolute atomic E-state index is 0.108. The molecule has 0 spiro atoms. The smallest absolute Gasteiger partial charge is 0.310 e. The van der Waals surface area contributed by atoms with E-state index in [4.69, 9.17) is 10.0 Å². The zero-order valence-electron chi connectivity index (χ0n) is 9.65. The van der Waals surface area contributed by atoms with Crippen molar-refractivity contribution in [1.29, 1.82) is 0 Å². The van der Waals surface area contributed by atoms with Gasteiger partial charge in [0.25, 0.3) is 0 Å². The van der Waals surface area contributed by atoms with Crippen LogP contribution in [0.5, 0.6) is 5.75 Å². The molecule has 4 heteroatoms. The van der Waals surface area contributed by atoms with E-state index in [1.165, 1.54) is 12.2 Å². The first kappa shape index (κ1) is 12.3. The van der Waals surface area contributed by atoms with Gasteiger partial charge in [-0.2, -0.15) is 0 Å². The molecule has 0 bridgehead atoms. The quantitative estimate of drug-likeness (QED) is 0.789. The molecule has 1 aromatic carbocycles. The summed E-state index contributed by atoms with van der Waals surface area (Å²) in [5.41, 5.74) is 6.64. The monoisotopic (exact) mass is 227 g/mol. The minimum atomic E-state index is -2.94. The SMILES string of the molecule is CC(C)(C)c1ccc(O[P@@](C)(N)=O)cc1. The van der Waals surface area contributed by atoms with Gasteiger partial charge in [-0.05, 0) is 23.1 Å². The van der Waals surface area contributed by atoms with Crippen LogP contribution in [-0.2, 0) is 9.98 Å². The first-order chi connectivity index (χ1) is 6.68. The fraction of sp³-hybridized carbons (Fsp3) is 0.455. The minimum Gasteiger partial charge on any atom is -0.433 e.